The van der Waals surface area contributed by atoms with E-state index in [0.29, 0.717) is 0 Å². The first-order valence-corrected chi connectivity index (χ1v) is 6.13. The van der Waals surface area contributed by atoms with Gasteiger partial charge in [0.15, 0.2) is 0 Å². The van der Waals surface area contributed by atoms with Crippen molar-refractivity contribution >= 4 is 0 Å². The van der Waals surface area contributed by atoms with Gasteiger partial charge in [0.05, 0.1) is 0 Å². The van der Waals surface area contributed by atoms with Gasteiger partial charge in [0.25, 0.3) is 0 Å². The highest BCUT2D eigenvalue weighted by atomic mass is 16.3. The number of aromatic hydroxyl groups is 2. The Morgan fingerprint density at radius 1 is 0.833 bits per heavy atom. The molecule has 2 N–H and O–H groups in total. The van der Waals surface area contributed by atoms with E-state index in [1.807, 2.05) is 0 Å². The molecule has 0 radical (unpaired) electrons. The van der Waals surface area contributed by atoms with Gasteiger partial charge in [-0.1, -0.05) is 24.3 Å². The quantitative estimate of drug-likeness (QED) is 0.864. The Kier molecular flexibility index (Phi) is 3.56. The zero-order valence-electron chi connectivity index (χ0n) is 10.8. The number of phenolic OH excluding ortho intramolecular Hbond substituents is 2. The molecule has 0 bridgehead atoms. The molecule has 2 rings (SSSR count). The van der Waals surface area contributed by atoms with Crippen molar-refractivity contribution in [3.05, 3.63) is 58.7 Å². The molecule has 2 aromatic rings. The first kappa shape index (κ1) is 12.5. The predicted octanol–water partition coefficient (Wildman–Crippen LogP) is 3.50. The van der Waals surface area contributed by atoms with Gasteiger partial charge in [-0.25, -0.2) is 0 Å². The Balaban J connectivity index is 2.09. The van der Waals surface area contributed by atoms with Crippen LogP contribution in [0.4, 0.5) is 0 Å². The fourth-order valence-corrected chi connectivity index (χ4v) is 2.00. The van der Waals surface area contributed by atoms with Gasteiger partial charge in [0.1, 0.15) is 11.5 Å². The Hall–Kier alpha value is -1.96. The second-order valence-electron chi connectivity index (χ2n) is 4.73. The van der Waals surface area contributed by atoms with Gasteiger partial charge >= 0.3 is 0 Å². The van der Waals surface area contributed by atoms with E-state index in [1.54, 1.807) is 12.1 Å². The largest absolute Gasteiger partial charge is 0.508 e. The van der Waals surface area contributed by atoms with Crippen molar-refractivity contribution in [3.8, 4) is 11.5 Å². The molecule has 0 aromatic heterocycles. The molecule has 0 aliphatic rings. The van der Waals surface area contributed by atoms with Gasteiger partial charge in [0.2, 0.25) is 0 Å². The molecular formula is C16H18O2. The third kappa shape index (κ3) is 2.83. The van der Waals surface area contributed by atoms with Crippen molar-refractivity contribution in [2.45, 2.75) is 26.7 Å². The molecule has 18 heavy (non-hydrogen) atoms. The SMILES string of the molecule is Cc1ccc(CCc2ccc(O)cc2O)cc1C. The first-order valence-electron chi connectivity index (χ1n) is 6.13. The highest BCUT2D eigenvalue weighted by Crippen LogP contribution is 2.24. The summed E-state index contributed by atoms with van der Waals surface area (Å²) >= 11 is 0. The van der Waals surface area contributed by atoms with Crippen LogP contribution in [0.2, 0.25) is 0 Å². The lowest BCUT2D eigenvalue weighted by Crippen LogP contribution is -1.93. The minimum absolute atomic E-state index is 0.0995. The molecule has 94 valence electrons. The predicted molar refractivity (Wildman–Crippen MR) is 73.1 cm³/mol. The standard InChI is InChI=1S/C16H18O2/c1-11-3-4-13(9-12(11)2)5-6-14-7-8-15(17)10-16(14)18/h3-4,7-10,17-18H,5-6H2,1-2H3. The fraction of sp³-hybridized carbons (Fsp3) is 0.250. The van der Waals surface area contributed by atoms with Crippen molar-refractivity contribution in [3.63, 3.8) is 0 Å². The molecule has 2 aromatic carbocycles. The van der Waals surface area contributed by atoms with Crippen molar-refractivity contribution in [1.82, 2.24) is 0 Å². The van der Waals surface area contributed by atoms with Gasteiger partial charge in [-0.2, -0.15) is 0 Å². The molecular weight excluding hydrogens is 224 g/mol. The highest BCUT2D eigenvalue weighted by molar-refractivity contribution is 5.39. The van der Waals surface area contributed by atoms with Crippen LogP contribution in [-0.2, 0) is 12.8 Å². The minimum atomic E-state index is 0.0995. The van der Waals surface area contributed by atoms with Crippen LogP contribution < -0.4 is 0 Å². The average molecular weight is 242 g/mol. The summed E-state index contributed by atoms with van der Waals surface area (Å²) in [6, 6.07) is 11.2. The van der Waals surface area contributed by atoms with Gasteiger partial charge < -0.3 is 10.2 Å². The summed E-state index contributed by atoms with van der Waals surface area (Å²) in [6.07, 6.45) is 1.66. The number of phenols is 2. The van der Waals surface area contributed by atoms with Gasteiger partial charge in [-0.05, 0) is 55.0 Å². The van der Waals surface area contributed by atoms with Crippen LogP contribution in [0.1, 0.15) is 22.3 Å². The van der Waals surface area contributed by atoms with E-state index >= 15 is 0 Å². The smallest absolute Gasteiger partial charge is 0.122 e. The third-order valence-corrected chi connectivity index (χ3v) is 3.32. The molecule has 0 atom stereocenters. The fourth-order valence-electron chi connectivity index (χ4n) is 2.00. The molecule has 0 aliphatic carbocycles. The molecule has 2 heteroatoms. The summed E-state index contributed by atoms with van der Waals surface area (Å²) in [6.45, 7) is 4.21. The van der Waals surface area contributed by atoms with Crippen LogP contribution >= 0.6 is 0 Å². The molecule has 0 saturated carbocycles. The Morgan fingerprint density at radius 2 is 1.61 bits per heavy atom. The lowest BCUT2D eigenvalue weighted by atomic mass is 10.00. The van der Waals surface area contributed by atoms with Crippen LogP contribution in [0.5, 0.6) is 11.5 Å². The normalized spacial score (nSPS) is 10.6. The lowest BCUT2D eigenvalue weighted by Gasteiger charge is -2.07. The number of aryl methyl sites for hydroxylation is 4. The van der Waals surface area contributed by atoms with E-state index in [9.17, 15) is 10.2 Å². The third-order valence-electron chi connectivity index (χ3n) is 3.32. The van der Waals surface area contributed by atoms with E-state index in [4.69, 9.17) is 0 Å². The second-order valence-corrected chi connectivity index (χ2v) is 4.73. The minimum Gasteiger partial charge on any atom is -0.508 e. The van der Waals surface area contributed by atoms with E-state index in [0.717, 1.165) is 18.4 Å². The van der Waals surface area contributed by atoms with E-state index < -0.39 is 0 Å². The molecule has 0 fully saturated rings. The Labute approximate surface area is 108 Å². The molecule has 0 spiro atoms. The number of hydrogen-bond donors (Lipinski definition) is 2. The maximum Gasteiger partial charge on any atom is 0.122 e. The summed E-state index contributed by atoms with van der Waals surface area (Å²) in [7, 11) is 0. The maximum absolute atomic E-state index is 9.71. The summed E-state index contributed by atoms with van der Waals surface area (Å²) in [4.78, 5) is 0. The molecule has 0 heterocycles. The molecule has 0 saturated heterocycles. The Bertz CT molecular complexity index is 559. The van der Waals surface area contributed by atoms with E-state index in [-0.39, 0.29) is 11.5 Å². The van der Waals surface area contributed by atoms with Crippen LogP contribution in [0.3, 0.4) is 0 Å². The van der Waals surface area contributed by atoms with Gasteiger partial charge in [0, 0.05) is 6.07 Å². The molecule has 0 aliphatic heterocycles. The summed E-state index contributed by atoms with van der Waals surface area (Å²) in [5.74, 6) is 0.265. The monoisotopic (exact) mass is 242 g/mol. The van der Waals surface area contributed by atoms with Crippen LogP contribution in [0.25, 0.3) is 0 Å². The first-order chi connectivity index (χ1) is 8.56. The molecule has 0 unspecified atom stereocenters. The van der Waals surface area contributed by atoms with Crippen LogP contribution in [0, 0.1) is 13.8 Å². The highest BCUT2D eigenvalue weighted by Gasteiger charge is 2.03. The topological polar surface area (TPSA) is 40.5 Å². The van der Waals surface area contributed by atoms with E-state index in [1.165, 1.54) is 22.8 Å². The van der Waals surface area contributed by atoms with Gasteiger partial charge in [-0.15, -0.1) is 0 Å². The van der Waals surface area contributed by atoms with Crippen molar-refractivity contribution in [1.29, 1.82) is 0 Å². The molecule has 2 nitrogen and oxygen atoms in total. The van der Waals surface area contributed by atoms with Gasteiger partial charge in [-0.3, -0.25) is 0 Å². The summed E-state index contributed by atoms with van der Waals surface area (Å²) in [5.41, 5.74) is 4.73. The number of hydrogen-bond acceptors (Lipinski definition) is 2. The maximum atomic E-state index is 9.71. The number of benzene rings is 2. The summed E-state index contributed by atoms with van der Waals surface area (Å²) in [5, 5.41) is 18.9. The Morgan fingerprint density at radius 3 is 2.28 bits per heavy atom. The average Bonchev–Trinajstić information content (AvgIpc) is 2.32. The van der Waals surface area contributed by atoms with Crippen molar-refractivity contribution in [2.24, 2.45) is 0 Å². The van der Waals surface area contributed by atoms with E-state index in [2.05, 4.69) is 32.0 Å². The zero-order valence-corrected chi connectivity index (χ0v) is 10.8. The zero-order chi connectivity index (χ0) is 13.1. The van der Waals surface area contributed by atoms with Crippen molar-refractivity contribution in [2.75, 3.05) is 0 Å². The number of rotatable bonds is 3. The van der Waals surface area contributed by atoms with Crippen molar-refractivity contribution < 1.29 is 10.2 Å². The summed E-state index contributed by atoms with van der Waals surface area (Å²) < 4.78 is 0. The van der Waals surface area contributed by atoms with Crippen LogP contribution in [-0.4, -0.2) is 10.2 Å². The van der Waals surface area contributed by atoms with Crippen LogP contribution in [0.15, 0.2) is 36.4 Å². The molecule has 0 amide bonds. The lowest BCUT2D eigenvalue weighted by molar-refractivity contribution is 0.446. The second kappa shape index (κ2) is 5.13.